The molecule has 0 aliphatic carbocycles. The lowest BCUT2D eigenvalue weighted by Gasteiger charge is -2.06. The van der Waals surface area contributed by atoms with Crippen LogP contribution in [0.1, 0.15) is 23.4 Å². The van der Waals surface area contributed by atoms with Crippen LogP contribution in [0.3, 0.4) is 0 Å². The highest BCUT2D eigenvalue weighted by Gasteiger charge is 2.18. The molecule has 1 heterocycles. The first-order valence-electron chi connectivity index (χ1n) is 4.05. The maximum atomic E-state index is 12.5. The number of hydrogen-bond donors (Lipinski definition) is 1. The zero-order valence-electron chi connectivity index (χ0n) is 7.75. The Morgan fingerprint density at radius 2 is 2.31 bits per heavy atom. The number of hydrogen-bond acceptors (Lipinski definition) is 3. The predicted octanol–water partition coefficient (Wildman–Crippen LogP) is 2.28. The Hall–Kier alpha value is -1.55. The van der Waals surface area contributed by atoms with Gasteiger partial charge in [-0.25, -0.2) is 13.8 Å². The monoisotopic (exact) mass is 290 g/mol. The van der Waals surface area contributed by atoms with E-state index < -0.39 is 30.1 Å². The Balaban J connectivity index is 3.27. The molecule has 0 bridgehead atoms. The lowest BCUT2D eigenvalue weighted by Crippen LogP contribution is -2.06. The van der Waals surface area contributed by atoms with Gasteiger partial charge in [0.15, 0.2) is 0 Å². The van der Waals surface area contributed by atoms with Crippen LogP contribution in [-0.4, -0.2) is 16.1 Å². The molecule has 0 spiro atoms. The van der Waals surface area contributed by atoms with Crippen molar-refractivity contribution < 1.29 is 18.7 Å². The quantitative estimate of drug-likeness (QED) is 0.927. The van der Waals surface area contributed by atoms with Crippen LogP contribution >= 0.6 is 15.9 Å². The summed E-state index contributed by atoms with van der Waals surface area (Å²) in [4.78, 5) is 14.0. The fourth-order valence-corrected chi connectivity index (χ4v) is 1.54. The van der Waals surface area contributed by atoms with Crippen molar-refractivity contribution in [1.82, 2.24) is 4.98 Å². The van der Waals surface area contributed by atoms with Gasteiger partial charge in [-0.05, 0) is 22.0 Å². The molecule has 0 saturated carbocycles. The first-order chi connectivity index (χ1) is 7.45. The number of carboxylic acid groups (broad SMARTS) is 1. The Bertz CT molecular complexity index is 471. The van der Waals surface area contributed by atoms with E-state index in [4.69, 9.17) is 10.4 Å². The first kappa shape index (κ1) is 12.5. The molecule has 4 nitrogen and oxygen atoms in total. The van der Waals surface area contributed by atoms with E-state index in [9.17, 15) is 13.6 Å². The number of carboxylic acids is 1. The van der Waals surface area contributed by atoms with E-state index in [1.165, 1.54) is 6.07 Å². The van der Waals surface area contributed by atoms with Crippen molar-refractivity contribution in [2.75, 3.05) is 0 Å². The summed E-state index contributed by atoms with van der Waals surface area (Å²) in [7, 11) is 0. The molecule has 0 aliphatic rings. The van der Waals surface area contributed by atoms with Gasteiger partial charge in [0.05, 0.1) is 17.7 Å². The molecule has 0 aromatic carbocycles. The number of pyridine rings is 1. The summed E-state index contributed by atoms with van der Waals surface area (Å²) in [6.45, 7) is 0. The zero-order valence-corrected chi connectivity index (χ0v) is 9.33. The smallest absolute Gasteiger partial charge is 0.309 e. The molecular weight excluding hydrogens is 286 g/mol. The number of aromatic nitrogens is 1. The van der Waals surface area contributed by atoms with E-state index in [-0.39, 0.29) is 10.2 Å². The predicted molar refractivity (Wildman–Crippen MR) is 52.9 cm³/mol. The van der Waals surface area contributed by atoms with Crippen molar-refractivity contribution in [2.24, 2.45) is 0 Å². The summed E-state index contributed by atoms with van der Waals surface area (Å²) in [5, 5.41) is 17.1. The lowest BCUT2D eigenvalue weighted by molar-refractivity contribution is -0.136. The third kappa shape index (κ3) is 2.73. The summed E-state index contributed by atoms with van der Waals surface area (Å²) in [5.41, 5.74) is -0.911. The summed E-state index contributed by atoms with van der Waals surface area (Å²) in [6.07, 6.45) is -3.25. The largest absolute Gasteiger partial charge is 0.481 e. The topological polar surface area (TPSA) is 74.0 Å². The van der Waals surface area contributed by atoms with Crippen LogP contribution in [0, 0.1) is 11.3 Å². The summed E-state index contributed by atoms with van der Waals surface area (Å²) in [5.74, 6) is -1.15. The van der Waals surface area contributed by atoms with Crippen molar-refractivity contribution in [2.45, 2.75) is 12.8 Å². The van der Waals surface area contributed by atoms with E-state index in [2.05, 4.69) is 20.9 Å². The highest BCUT2D eigenvalue weighted by molar-refractivity contribution is 9.10. The van der Waals surface area contributed by atoms with Crippen LogP contribution in [0.25, 0.3) is 0 Å². The molecule has 16 heavy (non-hydrogen) atoms. The van der Waals surface area contributed by atoms with E-state index in [1.54, 1.807) is 0 Å². The van der Waals surface area contributed by atoms with Crippen molar-refractivity contribution in [3.63, 3.8) is 0 Å². The molecule has 0 aliphatic heterocycles. The number of nitriles is 1. The number of nitrogens with zero attached hydrogens (tertiary/aromatic N) is 2. The highest BCUT2D eigenvalue weighted by atomic mass is 79.9. The average molecular weight is 291 g/mol. The molecular formula is C9H5BrF2N2O2. The van der Waals surface area contributed by atoms with Crippen LogP contribution in [0.15, 0.2) is 10.5 Å². The van der Waals surface area contributed by atoms with Crippen LogP contribution in [0.2, 0.25) is 0 Å². The summed E-state index contributed by atoms with van der Waals surface area (Å²) >= 11 is 2.94. The van der Waals surface area contributed by atoms with Crippen molar-refractivity contribution in [1.29, 1.82) is 5.26 Å². The SMILES string of the molecule is N#Cc1nc(CC(=O)O)c(Br)cc1C(F)F. The van der Waals surface area contributed by atoms with Gasteiger partial charge in [0.2, 0.25) is 0 Å². The third-order valence-electron chi connectivity index (χ3n) is 1.74. The van der Waals surface area contributed by atoms with Gasteiger partial charge >= 0.3 is 5.97 Å². The molecule has 1 N–H and O–H groups in total. The standard InChI is InChI=1S/C9H5BrF2N2O2/c10-5-1-4(9(11)12)7(3-13)14-6(5)2-8(15)16/h1,9H,2H2,(H,15,16). The molecule has 0 saturated heterocycles. The maximum Gasteiger partial charge on any atom is 0.309 e. The number of alkyl halides is 2. The van der Waals surface area contributed by atoms with Gasteiger partial charge in [-0.1, -0.05) is 0 Å². The minimum Gasteiger partial charge on any atom is -0.481 e. The zero-order chi connectivity index (χ0) is 12.3. The Labute approximate surface area is 97.7 Å². The van der Waals surface area contributed by atoms with Gasteiger partial charge in [0.25, 0.3) is 6.43 Å². The molecule has 1 rings (SSSR count). The van der Waals surface area contributed by atoms with E-state index >= 15 is 0 Å². The number of halogens is 3. The maximum absolute atomic E-state index is 12.5. The van der Waals surface area contributed by atoms with Gasteiger partial charge in [0.1, 0.15) is 11.8 Å². The summed E-state index contributed by atoms with van der Waals surface area (Å²) < 4.78 is 25.1. The molecule has 0 amide bonds. The second-order valence-electron chi connectivity index (χ2n) is 2.84. The third-order valence-corrected chi connectivity index (χ3v) is 2.42. The molecule has 84 valence electrons. The Morgan fingerprint density at radius 1 is 1.69 bits per heavy atom. The second kappa shape index (κ2) is 4.99. The number of rotatable bonds is 3. The van der Waals surface area contributed by atoms with Gasteiger partial charge in [-0.2, -0.15) is 5.26 Å². The summed E-state index contributed by atoms with van der Waals surface area (Å²) in [6, 6.07) is 2.54. The minimum atomic E-state index is -2.82. The average Bonchev–Trinajstić information content (AvgIpc) is 2.19. The van der Waals surface area contributed by atoms with E-state index in [0.29, 0.717) is 0 Å². The van der Waals surface area contributed by atoms with Gasteiger partial charge in [0, 0.05) is 4.47 Å². The molecule has 0 unspecified atom stereocenters. The van der Waals surface area contributed by atoms with Gasteiger partial charge < -0.3 is 5.11 Å². The van der Waals surface area contributed by atoms with E-state index in [1.807, 2.05) is 0 Å². The molecule has 0 radical (unpaired) electrons. The van der Waals surface area contributed by atoms with Crippen molar-refractivity contribution in [3.05, 3.63) is 27.5 Å². The number of carbonyl (C=O) groups is 1. The van der Waals surface area contributed by atoms with Crippen LogP contribution in [0.4, 0.5) is 8.78 Å². The van der Waals surface area contributed by atoms with Gasteiger partial charge in [-0.15, -0.1) is 0 Å². The number of aliphatic carboxylic acids is 1. The lowest BCUT2D eigenvalue weighted by atomic mass is 10.1. The normalized spacial score (nSPS) is 10.2. The first-order valence-corrected chi connectivity index (χ1v) is 4.84. The van der Waals surface area contributed by atoms with Crippen LogP contribution in [-0.2, 0) is 11.2 Å². The molecule has 0 fully saturated rings. The fraction of sp³-hybridized carbons (Fsp3) is 0.222. The van der Waals surface area contributed by atoms with Crippen LogP contribution < -0.4 is 0 Å². The molecule has 1 aromatic heterocycles. The van der Waals surface area contributed by atoms with E-state index in [0.717, 1.165) is 6.07 Å². The van der Waals surface area contributed by atoms with Gasteiger partial charge in [-0.3, -0.25) is 4.79 Å². The second-order valence-corrected chi connectivity index (χ2v) is 3.69. The molecule has 7 heteroatoms. The highest BCUT2D eigenvalue weighted by Crippen LogP contribution is 2.26. The molecule has 0 atom stereocenters. The van der Waals surface area contributed by atoms with Crippen LogP contribution in [0.5, 0.6) is 0 Å². The Morgan fingerprint density at radius 3 is 2.75 bits per heavy atom. The fourth-order valence-electron chi connectivity index (χ4n) is 1.06. The Kier molecular flexibility index (Phi) is 3.90. The van der Waals surface area contributed by atoms with Crippen molar-refractivity contribution >= 4 is 21.9 Å². The van der Waals surface area contributed by atoms with Crippen molar-refractivity contribution in [3.8, 4) is 6.07 Å². The minimum absolute atomic E-state index is 0.0495. The molecule has 1 aromatic rings.